The van der Waals surface area contributed by atoms with Crippen molar-refractivity contribution in [3.8, 4) is 0 Å². The van der Waals surface area contributed by atoms with E-state index in [2.05, 4.69) is 52.9 Å². The fraction of sp³-hybridized carbons (Fsp3) is 0.368. The Morgan fingerprint density at radius 1 is 1.25 bits per heavy atom. The summed E-state index contributed by atoms with van der Waals surface area (Å²) in [5.41, 5.74) is 2.15. The van der Waals surface area contributed by atoms with Crippen molar-refractivity contribution in [2.45, 2.75) is 39.7 Å². The Bertz CT molecular complexity index is 838. The molecule has 0 amide bonds. The fourth-order valence-electron chi connectivity index (χ4n) is 2.93. The van der Waals surface area contributed by atoms with E-state index in [1.165, 1.54) is 5.56 Å². The first-order valence-corrected chi connectivity index (χ1v) is 8.74. The van der Waals surface area contributed by atoms with Gasteiger partial charge in [-0.05, 0) is 43.2 Å². The average Bonchev–Trinajstić information content (AvgIpc) is 3.01. The Labute approximate surface area is 147 Å². The molecule has 5 heteroatoms. The SMILES string of the molecule is Cc1cc(NCCCn2ccnc2C(C)C)nc2ccc(Cl)cc12. The van der Waals surface area contributed by atoms with Crippen molar-refractivity contribution >= 4 is 28.3 Å². The number of hydrogen-bond acceptors (Lipinski definition) is 3. The van der Waals surface area contributed by atoms with Gasteiger partial charge in [-0.1, -0.05) is 25.4 Å². The lowest BCUT2D eigenvalue weighted by molar-refractivity contribution is 0.600. The van der Waals surface area contributed by atoms with Gasteiger partial charge in [0.2, 0.25) is 0 Å². The molecule has 0 atom stereocenters. The molecule has 3 aromatic rings. The van der Waals surface area contributed by atoms with E-state index < -0.39 is 0 Å². The van der Waals surface area contributed by atoms with Crippen LogP contribution in [0.1, 0.15) is 37.6 Å². The van der Waals surface area contributed by atoms with Gasteiger partial charge in [-0.2, -0.15) is 0 Å². The van der Waals surface area contributed by atoms with Crippen LogP contribution in [0.3, 0.4) is 0 Å². The summed E-state index contributed by atoms with van der Waals surface area (Å²) in [5, 5.41) is 5.28. The maximum absolute atomic E-state index is 6.07. The summed E-state index contributed by atoms with van der Waals surface area (Å²) in [6.07, 6.45) is 4.95. The molecule has 2 aromatic heterocycles. The molecule has 0 saturated heterocycles. The normalized spacial score (nSPS) is 11.4. The molecule has 1 aromatic carbocycles. The summed E-state index contributed by atoms with van der Waals surface area (Å²) < 4.78 is 2.23. The van der Waals surface area contributed by atoms with Gasteiger partial charge in [0, 0.05) is 41.8 Å². The zero-order valence-electron chi connectivity index (χ0n) is 14.4. The number of fused-ring (bicyclic) bond motifs is 1. The Morgan fingerprint density at radius 2 is 2.08 bits per heavy atom. The summed E-state index contributed by atoms with van der Waals surface area (Å²) in [7, 11) is 0. The number of rotatable bonds is 6. The topological polar surface area (TPSA) is 42.7 Å². The number of imidazole rings is 1. The van der Waals surface area contributed by atoms with Crippen LogP contribution >= 0.6 is 11.6 Å². The molecule has 0 unspecified atom stereocenters. The van der Waals surface area contributed by atoms with Crippen molar-refractivity contribution in [3.05, 3.63) is 53.1 Å². The lowest BCUT2D eigenvalue weighted by Gasteiger charge is -2.12. The highest BCUT2D eigenvalue weighted by Gasteiger charge is 2.07. The quantitative estimate of drug-likeness (QED) is 0.640. The molecule has 0 aliphatic carbocycles. The number of nitrogens with zero attached hydrogens (tertiary/aromatic N) is 3. The van der Waals surface area contributed by atoms with Crippen LogP contribution in [0.5, 0.6) is 0 Å². The summed E-state index contributed by atoms with van der Waals surface area (Å²) >= 11 is 6.07. The van der Waals surface area contributed by atoms with Crippen molar-refractivity contribution in [2.75, 3.05) is 11.9 Å². The van der Waals surface area contributed by atoms with E-state index in [1.807, 2.05) is 24.4 Å². The number of hydrogen-bond donors (Lipinski definition) is 1. The second-order valence-electron chi connectivity index (χ2n) is 6.40. The van der Waals surface area contributed by atoms with Gasteiger partial charge in [0.1, 0.15) is 11.6 Å². The minimum absolute atomic E-state index is 0.449. The molecular formula is C19H23ClN4. The second kappa shape index (κ2) is 7.22. The third kappa shape index (κ3) is 3.70. The summed E-state index contributed by atoms with van der Waals surface area (Å²) in [6.45, 7) is 8.27. The minimum atomic E-state index is 0.449. The van der Waals surface area contributed by atoms with Crippen molar-refractivity contribution in [1.29, 1.82) is 0 Å². The number of pyridine rings is 1. The van der Waals surface area contributed by atoms with Gasteiger partial charge in [-0.15, -0.1) is 0 Å². The number of halogens is 1. The fourth-order valence-corrected chi connectivity index (χ4v) is 3.11. The highest BCUT2D eigenvalue weighted by Crippen LogP contribution is 2.23. The van der Waals surface area contributed by atoms with E-state index in [1.54, 1.807) is 0 Å². The highest BCUT2D eigenvalue weighted by molar-refractivity contribution is 6.31. The molecule has 0 fully saturated rings. The first-order valence-electron chi connectivity index (χ1n) is 8.36. The number of benzene rings is 1. The Kier molecular flexibility index (Phi) is 5.05. The summed E-state index contributed by atoms with van der Waals surface area (Å²) in [6, 6.07) is 7.90. The largest absolute Gasteiger partial charge is 0.370 e. The molecule has 0 aliphatic rings. The van der Waals surface area contributed by atoms with Crippen LogP contribution in [-0.4, -0.2) is 21.1 Å². The smallest absolute Gasteiger partial charge is 0.126 e. The first-order chi connectivity index (χ1) is 11.5. The van der Waals surface area contributed by atoms with E-state index in [9.17, 15) is 0 Å². The molecule has 2 heterocycles. The molecule has 0 radical (unpaired) electrons. The van der Waals surface area contributed by atoms with Crippen LogP contribution in [0.4, 0.5) is 5.82 Å². The van der Waals surface area contributed by atoms with Crippen LogP contribution in [0, 0.1) is 6.92 Å². The maximum atomic E-state index is 6.07. The lowest BCUT2D eigenvalue weighted by atomic mass is 10.1. The van der Waals surface area contributed by atoms with Gasteiger partial charge in [0.25, 0.3) is 0 Å². The van der Waals surface area contributed by atoms with Gasteiger partial charge in [-0.25, -0.2) is 9.97 Å². The Hall–Kier alpha value is -2.07. The van der Waals surface area contributed by atoms with Gasteiger partial charge >= 0.3 is 0 Å². The van der Waals surface area contributed by atoms with Crippen LogP contribution in [0.2, 0.25) is 5.02 Å². The number of anilines is 1. The number of aromatic nitrogens is 3. The third-order valence-corrected chi connectivity index (χ3v) is 4.36. The second-order valence-corrected chi connectivity index (χ2v) is 6.84. The first kappa shape index (κ1) is 16.8. The molecular weight excluding hydrogens is 320 g/mol. The monoisotopic (exact) mass is 342 g/mol. The van der Waals surface area contributed by atoms with Gasteiger partial charge in [0.05, 0.1) is 5.52 Å². The molecule has 24 heavy (non-hydrogen) atoms. The number of aryl methyl sites for hydroxylation is 2. The van der Waals surface area contributed by atoms with Crippen molar-refractivity contribution in [3.63, 3.8) is 0 Å². The molecule has 126 valence electrons. The molecule has 4 nitrogen and oxygen atoms in total. The lowest BCUT2D eigenvalue weighted by Crippen LogP contribution is -2.10. The van der Waals surface area contributed by atoms with Crippen molar-refractivity contribution in [2.24, 2.45) is 0 Å². The molecule has 0 spiro atoms. The van der Waals surface area contributed by atoms with Gasteiger partial charge < -0.3 is 9.88 Å². The van der Waals surface area contributed by atoms with Crippen LogP contribution in [0.15, 0.2) is 36.7 Å². The minimum Gasteiger partial charge on any atom is -0.370 e. The van der Waals surface area contributed by atoms with E-state index in [4.69, 9.17) is 11.6 Å². The predicted octanol–water partition coefficient (Wildman–Crippen LogP) is 5.02. The molecule has 0 saturated carbocycles. The van der Waals surface area contributed by atoms with Gasteiger partial charge in [0.15, 0.2) is 0 Å². The van der Waals surface area contributed by atoms with Crippen molar-refractivity contribution in [1.82, 2.24) is 14.5 Å². The van der Waals surface area contributed by atoms with Crippen LogP contribution < -0.4 is 5.32 Å². The Balaban J connectivity index is 1.62. The molecule has 0 aliphatic heterocycles. The zero-order valence-corrected chi connectivity index (χ0v) is 15.1. The Morgan fingerprint density at radius 3 is 2.88 bits per heavy atom. The molecule has 0 bridgehead atoms. The van der Waals surface area contributed by atoms with Crippen molar-refractivity contribution < 1.29 is 0 Å². The zero-order chi connectivity index (χ0) is 17.1. The predicted molar refractivity (Wildman–Crippen MR) is 101 cm³/mol. The summed E-state index contributed by atoms with van der Waals surface area (Å²) in [5.74, 6) is 2.51. The summed E-state index contributed by atoms with van der Waals surface area (Å²) in [4.78, 5) is 9.09. The van der Waals surface area contributed by atoms with E-state index in [0.29, 0.717) is 5.92 Å². The molecule has 3 rings (SSSR count). The molecule has 1 N–H and O–H groups in total. The average molecular weight is 343 g/mol. The maximum Gasteiger partial charge on any atom is 0.126 e. The van der Waals surface area contributed by atoms with Gasteiger partial charge in [-0.3, -0.25) is 0 Å². The van der Waals surface area contributed by atoms with E-state index in [-0.39, 0.29) is 0 Å². The highest BCUT2D eigenvalue weighted by atomic mass is 35.5. The standard InChI is InChI=1S/C19H23ClN4/c1-13(2)19-22-8-10-24(19)9-4-7-21-18-11-14(3)16-12-15(20)5-6-17(16)23-18/h5-6,8,10-13H,4,7,9H2,1-3H3,(H,21,23). The number of nitrogens with one attached hydrogen (secondary N) is 1. The van der Waals surface area contributed by atoms with Crippen LogP contribution in [-0.2, 0) is 6.54 Å². The van der Waals surface area contributed by atoms with E-state index >= 15 is 0 Å². The third-order valence-electron chi connectivity index (χ3n) is 4.12. The van der Waals surface area contributed by atoms with E-state index in [0.717, 1.165) is 47.1 Å². The van der Waals surface area contributed by atoms with Crippen LogP contribution in [0.25, 0.3) is 10.9 Å².